The highest BCUT2D eigenvalue weighted by Crippen LogP contribution is 2.20. The molecule has 24 heavy (non-hydrogen) atoms. The third kappa shape index (κ3) is 4.78. The lowest BCUT2D eigenvalue weighted by atomic mass is 9.90. The summed E-state index contributed by atoms with van der Waals surface area (Å²) in [6, 6.07) is -1.03. The zero-order valence-corrected chi connectivity index (χ0v) is 15.2. The molecule has 1 heterocycles. The van der Waals surface area contributed by atoms with E-state index < -0.39 is 33.4 Å². The summed E-state index contributed by atoms with van der Waals surface area (Å²) in [5.41, 5.74) is -0.775. The Morgan fingerprint density at radius 3 is 2.38 bits per heavy atom. The molecule has 0 radical (unpaired) electrons. The topological polar surface area (TPSA) is 139 Å². The highest BCUT2D eigenvalue weighted by molar-refractivity contribution is 7.89. The number of aryl methyl sites for hydroxylation is 2. The van der Waals surface area contributed by atoms with Gasteiger partial charge in [0, 0.05) is 6.54 Å². The lowest BCUT2D eigenvalue weighted by Gasteiger charge is -2.20. The average Bonchev–Trinajstić information content (AvgIpc) is 2.77. The van der Waals surface area contributed by atoms with E-state index in [0.717, 1.165) is 0 Å². The van der Waals surface area contributed by atoms with E-state index in [1.165, 1.54) is 20.8 Å². The number of aliphatic carboxylic acids is 1. The first kappa shape index (κ1) is 20.1. The summed E-state index contributed by atoms with van der Waals surface area (Å²) in [6.07, 6.45) is 0.220. The van der Waals surface area contributed by atoms with Crippen LogP contribution in [0.3, 0.4) is 0 Å². The minimum Gasteiger partial charge on any atom is -0.481 e. The first-order valence-corrected chi connectivity index (χ1v) is 8.83. The highest BCUT2D eigenvalue weighted by Gasteiger charge is 2.29. The van der Waals surface area contributed by atoms with Crippen LogP contribution in [0.15, 0.2) is 9.42 Å². The summed E-state index contributed by atoms with van der Waals surface area (Å²) in [5.74, 6) is -1.38. The van der Waals surface area contributed by atoms with E-state index in [1.54, 1.807) is 13.8 Å². The molecular weight excluding hydrogens is 338 g/mol. The lowest BCUT2D eigenvalue weighted by Crippen LogP contribution is -2.45. The van der Waals surface area contributed by atoms with Crippen LogP contribution in [0.5, 0.6) is 0 Å². The van der Waals surface area contributed by atoms with Gasteiger partial charge in [-0.2, -0.15) is 4.72 Å². The fourth-order valence-electron chi connectivity index (χ4n) is 1.96. The van der Waals surface area contributed by atoms with E-state index in [4.69, 9.17) is 9.63 Å². The molecule has 10 heteroatoms. The van der Waals surface area contributed by atoms with Crippen molar-refractivity contribution in [3.63, 3.8) is 0 Å². The molecule has 1 aromatic heterocycles. The summed E-state index contributed by atoms with van der Waals surface area (Å²) in [6.45, 7) is 7.57. The number of aromatic nitrogens is 1. The average molecular weight is 361 g/mol. The molecule has 0 saturated heterocycles. The van der Waals surface area contributed by atoms with Crippen molar-refractivity contribution in [1.29, 1.82) is 0 Å². The molecule has 1 rings (SSSR count). The zero-order valence-electron chi connectivity index (χ0n) is 14.3. The zero-order chi connectivity index (χ0) is 18.7. The van der Waals surface area contributed by atoms with Crippen molar-refractivity contribution < 1.29 is 27.6 Å². The number of nitrogens with one attached hydrogen (secondary N) is 2. The summed E-state index contributed by atoms with van der Waals surface area (Å²) in [4.78, 5) is 22.9. The molecule has 1 amide bonds. The van der Waals surface area contributed by atoms with Gasteiger partial charge in [0.25, 0.3) is 0 Å². The molecule has 0 aromatic carbocycles. The van der Waals surface area contributed by atoms with Gasteiger partial charge in [-0.1, -0.05) is 5.16 Å². The number of nitrogens with zero attached hydrogens (tertiary/aromatic N) is 1. The number of hydrogen-bond donors (Lipinski definition) is 3. The Hall–Kier alpha value is -1.94. The second kappa shape index (κ2) is 7.31. The molecule has 0 spiro atoms. The Morgan fingerprint density at radius 1 is 1.33 bits per heavy atom. The number of amides is 1. The fraction of sp³-hybridized carbons (Fsp3) is 0.643. The van der Waals surface area contributed by atoms with Crippen LogP contribution in [0.2, 0.25) is 0 Å². The van der Waals surface area contributed by atoms with Gasteiger partial charge >= 0.3 is 5.97 Å². The van der Waals surface area contributed by atoms with Gasteiger partial charge in [-0.05, 0) is 41.0 Å². The number of carbonyl (C=O) groups excluding carboxylic acids is 1. The molecule has 9 nitrogen and oxygen atoms in total. The number of carbonyl (C=O) groups is 2. The van der Waals surface area contributed by atoms with Crippen LogP contribution in [-0.4, -0.2) is 43.1 Å². The van der Waals surface area contributed by atoms with Crippen molar-refractivity contribution in [1.82, 2.24) is 15.2 Å². The maximum atomic E-state index is 12.3. The van der Waals surface area contributed by atoms with E-state index in [2.05, 4.69) is 15.2 Å². The van der Waals surface area contributed by atoms with E-state index in [1.807, 2.05) is 0 Å². The first-order chi connectivity index (χ1) is 10.9. The SMILES string of the molecule is Cc1noc(C)c1S(=O)(=O)NC(C)C(=O)NCCC(C)(C)C(=O)O. The summed E-state index contributed by atoms with van der Waals surface area (Å²) >= 11 is 0. The molecule has 1 unspecified atom stereocenters. The van der Waals surface area contributed by atoms with Gasteiger partial charge in [0.05, 0.1) is 11.5 Å². The quantitative estimate of drug-likeness (QED) is 0.615. The van der Waals surface area contributed by atoms with E-state index >= 15 is 0 Å². The van der Waals surface area contributed by atoms with Crippen LogP contribution in [0.1, 0.15) is 38.6 Å². The molecule has 0 aliphatic carbocycles. The van der Waals surface area contributed by atoms with Crippen molar-refractivity contribution in [2.45, 2.75) is 52.0 Å². The van der Waals surface area contributed by atoms with Crippen LogP contribution in [0, 0.1) is 19.3 Å². The van der Waals surface area contributed by atoms with Gasteiger partial charge in [0.15, 0.2) is 5.76 Å². The molecule has 3 N–H and O–H groups in total. The Bertz CT molecular complexity index is 703. The van der Waals surface area contributed by atoms with Crippen LogP contribution in [0.4, 0.5) is 0 Å². The maximum absolute atomic E-state index is 12.3. The minimum atomic E-state index is -3.95. The molecule has 0 fully saturated rings. The Morgan fingerprint density at radius 2 is 1.92 bits per heavy atom. The largest absolute Gasteiger partial charge is 0.481 e. The summed E-state index contributed by atoms with van der Waals surface area (Å²) < 4.78 is 31.7. The third-order valence-corrected chi connectivity index (χ3v) is 5.37. The van der Waals surface area contributed by atoms with Gasteiger partial charge in [0.1, 0.15) is 10.6 Å². The van der Waals surface area contributed by atoms with Gasteiger partial charge in [-0.25, -0.2) is 8.42 Å². The normalized spacial score (nSPS) is 13.5. The Balaban J connectivity index is 2.66. The number of carboxylic acid groups (broad SMARTS) is 1. The monoisotopic (exact) mass is 361 g/mol. The molecule has 0 aliphatic heterocycles. The van der Waals surface area contributed by atoms with Crippen LogP contribution in [0.25, 0.3) is 0 Å². The van der Waals surface area contributed by atoms with E-state index in [9.17, 15) is 18.0 Å². The van der Waals surface area contributed by atoms with Crippen molar-refractivity contribution in [3.8, 4) is 0 Å². The minimum absolute atomic E-state index is 0.0887. The predicted octanol–water partition coefficient (Wildman–Crippen LogP) is 0.575. The van der Waals surface area contributed by atoms with Crippen LogP contribution in [-0.2, 0) is 19.6 Å². The second-order valence-corrected chi connectivity index (χ2v) is 7.88. The Labute approximate surface area is 140 Å². The summed E-state index contributed by atoms with van der Waals surface area (Å²) in [7, 11) is -3.95. The molecule has 136 valence electrons. The second-order valence-electron chi connectivity index (χ2n) is 6.23. The summed E-state index contributed by atoms with van der Waals surface area (Å²) in [5, 5.41) is 15.1. The van der Waals surface area contributed by atoms with Gasteiger partial charge in [-0.3, -0.25) is 9.59 Å². The lowest BCUT2D eigenvalue weighted by molar-refractivity contribution is -0.147. The number of carboxylic acids is 1. The van der Waals surface area contributed by atoms with Crippen molar-refractivity contribution in [2.75, 3.05) is 6.54 Å². The van der Waals surface area contributed by atoms with Crippen molar-refractivity contribution >= 4 is 21.9 Å². The smallest absolute Gasteiger partial charge is 0.309 e. The van der Waals surface area contributed by atoms with Crippen LogP contribution >= 0.6 is 0 Å². The fourth-order valence-corrected chi connectivity index (χ4v) is 3.49. The van der Waals surface area contributed by atoms with Gasteiger partial charge in [-0.15, -0.1) is 0 Å². The number of hydrogen-bond acceptors (Lipinski definition) is 6. The molecule has 1 aromatic rings. The third-order valence-electron chi connectivity index (χ3n) is 3.59. The van der Waals surface area contributed by atoms with Gasteiger partial charge in [0.2, 0.25) is 15.9 Å². The van der Waals surface area contributed by atoms with E-state index in [-0.39, 0.29) is 29.3 Å². The number of rotatable bonds is 8. The van der Waals surface area contributed by atoms with Gasteiger partial charge < -0.3 is 14.9 Å². The molecule has 0 bridgehead atoms. The Kier molecular flexibility index (Phi) is 6.12. The highest BCUT2D eigenvalue weighted by atomic mass is 32.2. The molecular formula is C14H23N3O6S. The van der Waals surface area contributed by atoms with Crippen molar-refractivity contribution in [3.05, 3.63) is 11.5 Å². The molecule has 0 saturated carbocycles. The number of sulfonamides is 1. The molecule has 1 atom stereocenters. The standard InChI is InChI=1S/C14H23N3O6S/c1-8-11(10(3)23-16-8)24(21,22)17-9(2)12(18)15-7-6-14(4,5)13(19)20/h9,17H,6-7H2,1-5H3,(H,15,18)(H,19,20). The van der Waals surface area contributed by atoms with E-state index in [0.29, 0.717) is 0 Å². The van der Waals surface area contributed by atoms with Crippen molar-refractivity contribution in [2.24, 2.45) is 5.41 Å². The first-order valence-electron chi connectivity index (χ1n) is 7.35. The predicted molar refractivity (Wildman–Crippen MR) is 84.8 cm³/mol. The van der Waals surface area contributed by atoms with Crippen LogP contribution < -0.4 is 10.0 Å². The maximum Gasteiger partial charge on any atom is 0.309 e. The molecule has 0 aliphatic rings.